The van der Waals surface area contributed by atoms with Crippen molar-refractivity contribution in [1.29, 1.82) is 0 Å². The highest BCUT2D eigenvalue weighted by atomic mass is 19.1. The lowest BCUT2D eigenvalue weighted by atomic mass is 9.96. The minimum atomic E-state index is -0.441. The summed E-state index contributed by atoms with van der Waals surface area (Å²) in [6.45, 7) is 4.54. The average Bonchev–Trinajstić information content (AvgIpc) is 2.47. The summed E-state index contributed by atoms with van der Waals surface area (Å²) >= 11 is 0. The van der Waals surface area contributed by atoms with Crippen LogP contribution in [0.3, 0.4) is 0 Å². The Morgan fingerprint density at radius 1 is 1.29 bits per heavy atom. The smallest absolute Gasteiger partial charge is 0.220 e. The molecule has 2 N–H and O–H groups in total. The topological polar surface area (TPSA) is 51.3 Å². The van der Waals surface area contributed by atoms with E-state index in [9.17, 15) is 4.39 Å². The van der Waals surface area contributed by atoms with Crippen LogP contribution in [0.5, 0.6) is 0 Å². The molecule has 4 heteroatoms. The first kappa shape index (κ1) is 15.2. The van der Waals surface area contributed by atoms with Gasteiger partial charge in [-0.2, -0.15) is 4.39 Å². The quantitative estimate of drug-likeness (QED) is 0.520. The SMILES string of the molecule is CCc1ccc(-c2cccnc2F)cc1CCN=C(C)N. The molecule has 1 aromatic heterocycles. The molecule has 2 aromatic rings. The highest BCUT2D eigenvalue weighted by molar-refractivity contribution is 5.77. The van der Waals surface area contributed by atoms with E-state index in [0.717, 1.165) is 18.4 Å². The Morgan fingerprint density at radius 2 is 2.10 bits per heavy atom. The molecule has 110 valence electrons. The van der Waals surface area contributed by atoms with Crippen molar-refractivity contribution >= 4 is 5.84 Å². The van der Waals surface area contributed by atoms with E-state index in [1.165, 1.54) is 17.3 Å². The molecule has 2 rings (SSSR count). The molecule has 0 radical (unpaired) electrons. The fraction of sp³-hybridized carbons (Fsp3) is 0.294. The van der Waals surface area contributed by atoms with Gasteiger partial charge in [0.05, 0.1) is 5.84 Å². The lowest BCUT2D eigenvalue weighted by Gasteiger charge is -2.10. The van der Waals surface area contributed by atoms with Crippen LogP contribution in [0.2, 0.25) is 0 Å². The number of hydrogen-bond donors (Lipinski definition) is 1. The molecule has 0 aliphatic rings. The van der Waals surface area contributed by atoms with Gasteiger partial charge in [-0.15, -0.1) is 0 Å². The highest BCUT2D eigenvalue weighted by Crippen LogP contribution is 2.24. The number of nitrogens with two attached hydrogens (primary N) is 1. The van der Waals surface area contributed by atoms with Gasteiger partial charge in [-0.05, 0) is 48.6 Å². The molecule has 0 fully saturated rings. The molecule has 1 heterocycles. The van der Waals surface area contributed by atoms with Crippen molar-refractivity contribution in [2.75, 3.05) is 6.54 Å². The van der Waals surface area contributed by atoms with E-state index in [1.807, 2.05) is 12.1 Å². The Balaban J connectivity index is 2.33. The fourth-order valence-corrected chi connectivity index (χ4v) is 2.33. The molecule has 0 aliphatic carbocycles. The van der Waals surface area contributed by atoms with E-state index >= 15 is 0 Å². The lowest BCUT2D eigenvalue weighted by molar-refractivity contribution is 0.587. The van der Waals surface area contributed by atoms with Gasteiger partial charge in [0.1, 0.15) is 0 Å². The van der Waals surface area contributed by atoms with Crippen LogP contribution in [0.25, 0.3) is 11.1 Å². The number of benzene rings is 1. The van der Waals surface area contributed by atoms with Gasteiger partial charge in [-0.3, -0.25) is 4.99 Å². The molecule has 21 heavy (non-hydrogen) atoms. The zero-order valence-electron chi connectivity index (χ0n) is 12.4. The first-order chi connectivity index (χ1) is 10.1. The highest BCUT2D eigenvalue weighted by Gasteiger charge is 2.08. The van der Waals surface area contributed by atoms with Crippen LogP contribution < -0.4 is 5.73 Å². The van der Waals surface area contributed by atoms with Crippen LogP contribution in [-0.4, -0.2) is 17.4 Å². The monoisotopic (exact) mass is 285 g/mol. The number of aliphatic imine (C=N–C) groups is 1. The van der Waals surface area contributed by atoms with Gasteiger partial charge < -0.3 is 5.73 Å². The molecule has 3 nitrogen and oxygen atoms in total. The van der Waals surface area contributed by atoms with Crippen molar-refractivity contribution < 1.29 is 4.39 Å². The zero-order chi connectivity index (χ0) is 15.2. The van der Waals surface area contributed by atoms with Crippen molar-refractivity contribution in [3.63, 3.8) is 0 Å². The number of pyridine rings is 1. The lowest BCUT2D eigenvalue weighted by Crippen LogP contribution is -2.07. The molecule has 0 unspecified atom stereocenters. The minimum Gasteiger partial charge on any atom is -0.388 e. The largest absolute Gasteiger partial charge is 0.388 e. The molecular weight excluding hydrogens is 265 g/mol. The molecule has 0 spiro atoms. The molecule has 0 atom stereocenters. The first-order valence-electron chi connectivity index (χ1n) is 7.11. The number of halogens is 1. The molecule has 0 saturated heterocycles. The van der Waals surface area contributed by atoms with Crippen LogP contribution in [0.1, 0.15) is 25.0 Å². The first-order valence-corrected chi connectivity index (χ1v) is 7.11. The van der Waals surface area contributed by atoms with Gasteiger partial charge in [0.25, 0.3) is 0 Å². The summed E-state index contributed by atoms with van der Waals surface area (Å²) in [7, 11) is 0. The van der Waals surface area contributed by atoms with Gasteiger partial charge in [0, 0.05) is 18.3 Å². The second kappa shape index (κ2) is 6.97. The maximum Gasteiger partial charge on any atom is 0.220 e. The van der Waals surface area contributed by atoms with E-state index in [1.54, 1.807) is 19.1 Å². The molecule has 0 saturated carbocycles. The molecular formula is C17H20FN3. The Bertz CT molecular complexity index is 646. The number of hydrogen-bond acceptors (Lipinski definition) is 2. The van der Waals surface area contributed by atoms with E-state index in [4.69, 9.17) is 5.73 Å². The number of nitrogens with zero attached hydrogens (tertiary/aromatic N) is 2. The summed E-state index contributed by atoms with van der Waals surface area (Å²) in [5, 5.41) is 0. The van der Waals surface area contributed by atoms with E-state index in [2.05, 4.69) is 23.0 Å². The second-order valence-corrected chi connectivity index (χ2v) is 4.95. The molecule has 0 amide bonds. The summed E-state index contributed by atoms with van der Waals surface area (Å²) in [4.78, 5) is 7.93. The molecule has 0 bridgehead atoms. The van der Waals surface area contributed by atoms with Crippen LogP contribution in [0.15, 0.2) is 41.5 Å². The van der Waals surface area contributed by atoms with Gasteiger partial charge in [-0.1, -0.05) is 25.1 Å². The number of amidine groups is 1. The Kier molecular flexibility index (Phi) is 5.04. The Morgan fingerprint density at radius 3 is 2.76 bits per heavy atom. The fourth-order valence-electron chi connectivity index (χ4n) is 2.33. The predicted molar refractivity (Wildman–Crippen MR) is 84.9 cm³/mol. The summed E-state index contributed by atoms with van der Waals surface area (Å²) in [6.07, 6.45) is 3.20. The normalized spacial score (nSPS) is 11.7. The summed E-state index contributed by atoms with van der Waals surface area (Å²) < 4.78 is 13.8. The van der Waals surface area contributed by atoms with Crippen LogP contribution in [-0.2, 0) is 12.8 Å². The summed E-state index contributed by atoms with van der Waals surface area (Å²) in [6, 6.07) is 9.51. The Hall–Kier alpha value is -2.23. The number of aryl methyl sites for hydroxylation is 1. The molecule has 1 aromatic carbocycles. The van der Waals surface area contributed by atoms with Crippen LogP contribution >= 0.6 is 0 Å². The predicted octanol–water partition coefficient (Wildman–Crippen LogP) is 3.37. The van der Waals surface area contributed by atoms with Crippen molar-refractivity contribution in [2.24, 2.45) is 10.7 Å². The number of rotatable bonds is 5. The Labute approximate surface area is 124 Å². The number of aromatic nitrogens is 1. The second-order valence-electron chi connectivity index (χ2n) is 4.95. The average molecular weight is 285 g/mol. The minimum absolute atomic E-state index is 0.441. The summed E-state index contributed by atoms with van der Waals surface area (Å²) in [5.41, 5.74) is 9.38. The van der Waals surface area contributed by atoms with Gasteiger partial charge in [0.15, 0.2) is 0 Å². The zero-order valence-corrected chi connectivity index (χ0v) is 12.4. The summed E-state index contributed by atoms with van der Waals surface area (Å²) in [5.74, 6) is 0.144. The third kappa shape index (κ3) is 3.88. The standard InChI is InChI=1S/C17H20FN3/c1-3-13-6-7-15(16-5-4-9-21-17(16)18)11-14(13)8-10-20-12(2)19/h4-7,9,11H,3,8,10H2,1-2H3,(H2,19,20). The van der Waals surface area contributed by atoms with Crippen molar-refractivity contribution in [3.05, 3.63) is 53.6 Å². The maximum atomic E-state index is 13.8. The van der Waals surface area contributed by atoms with Crippen molar-refractivity contribution in [1.82, 2.24) is 4.98 Å². The van der Waals surface area contributed by atoms with Gasteiger partial charge >= 0.3 is 0 Å². The van der Waals surface area contributed by atoms with Crippen LogP contribution in [0, 0.1) is 5.95 Å². The van der Waals surface area contributed by atoms with E-state index in [-0.39, 0.29) is 0 Å². The maximum absolute atomic E-state index is 13.8. The third-order valence-electron chi connectivity index (χ3n) is 3.40. The van der Waals surface area contributed by atoms with Crippen LogP contribution in [0.4, 0.5) is 4.39 Å². The third-order valence-corrected chi connectivity index (χ3v) is 3.40. The van der Waals surface area contributed by atoms with Gasteiger partial charge in [0.2, 0.25) is 5.95 Å². The van der Waals surface area contributed by atoms with Crippen molar-refractivity contribution in [2.45, 2.75) is 26.7 Å². The van der Waals surface area contributed by atoms with E-state index in [0.29, 0.717) is 17.9 Å². The molecule has 0 aliphatic heterocycles. The van der Waals surface area contributed by atoms with E-state index < -0.39 is 5.95 Å². The van der Waals surface area contributed by atoms with Gasteiger partial charge in [-0.25, -0.2) is 4.98 Å². The van der Waals surface area contributed by atoms with Crippen molar-refractivity contribution in [3.8, 4) is 11.1 Å².